The molecule has 2 aliphatic rings. The Bertz CT molecular complexity index is 234. The summed E-state index contributed by atoms with van der Waals surface area (Å²) in [6.07, 6.45) is 10.2. The Morgan fingerprint density at radius 3 is 2.65 bits per heavy atom. The summed E-state index contributed by atoms with van der Waals surface area (Å²) in [5.41, 5.74) is 2.60. The molecule has 1 aliphatic heterocycles. The fraction of sp³-hybridized carbons (Fsp3) is 0.923. The van der Waals surface area contributed by atoms with Crippen LogP contribution in [0, 0.1) is 0 Å². The number of rotatable bonds is 5. The van der Waals surface area contributed by atoms with Gasteiger partial charge in [-0.05, 0) is 38.6 Å². The molecule has 17 heavy (non-hydrogen) atoms. The van der Waals surface area contributed by atoms with Crippen LogP contribution < -0.4 is 10.8 Å². The topological polar surface area (TPSA) is 50.4 Å². The molecule has 98 valence electrons. The summed E-state index contributed by atoms with van der Waals surface area (Å²) in [6.45, 7) is 1.10. The summed E-state index contributed by atoms with van der Waals surface area (Å²) < 4.78 is 0. The van der Waals surface area contributed by atoms with Gasteiger partial charge in [0.15, 0.2) is 0 Å². The molecule has 1 heterocycles. The Hall–Kier alpha value is -0.610. The van der Waals surface area contributed by atoms with Crippen molar-refractivity contribution >= 4 is 5.91 Å². The maximum atomic E-state index is 11.6. The van der Waals surface area contributed by atoms with Crippen LogP contribution in [0.25, 0.3) is 0 Å². The first-order valence-corrected chi connectivity index (χ1v) is 7.02. The van der Waals surface area contributed by atoms with E-state index in [1.54, 1.807) is 0 Å². The second-order valence-corrected chi connectivity index (χ2v) is 5.24. The Morgan fingerprint density at radius 1 is 1.18 bits per heavy atom. The summed E-state index contributed by atoms with van der Waals surface area (Å²) in [6, 6.07) is 0.529. The molecule has 0 aromatic rings. The van der Waals surface area contributed by atoms with Crippen LogP contribution in [0.15, 0.2) is 0 Å². The Balaban J connectivity index is 1.53. The zero-order chi connectivity index (χ0) is 11.9. The molecule has 0 bridgehead atoms. The van der Waals surface area contributed by atoms with Crippen molar-refractivity contribution in [2.75, 3.05) is 6.54 Å². The SMILES string of the molecule is O=C(CCC1CCCCN1)NOC1CCCC1. The number of hydrogen-bond acceptors (Lipinski definition) is 3. The van der Waals surface area contributed by atoms with E-state index in [2.05, 4.69) is 10.8 Å². The van der Waals surface area contributed by atoms with Crippen molar-refractivity contribution in [3.8, 4) is 0 Å². The minimum Gasteiger partial charge on any atom is -0.314 e. The molecule has 0 aromatic carbocycles. The number of piperidine rings is 1. The van der Waals surface area contributed by atoms with Crippen molar-refractivity contribution in [3.05, 3.63) is 0 Å². The summed E-state index contributed by atoms with van der Waals surface area (Å²) in [5, 5.41) is 3.45. The number of amides is 1. The standard InChI is InChI=1S/C13H24N2O2/c16-13(15-17-12-6-1-2-7-12)9-8-11-5-3-4-10-14-11/h11-12,14H,1-10H2,(H,15,16). The van der Waals surface area contributed by atoms with Crippen LogP contribution >= 0.6 is 0 Å². The first-order chi connectivity index (χ1) is 8.34. The summed E-state index contributed by atoms with van der Waals surface area (Å²) in [5.74, 6) is 0.0317. The van der Waals surface area contributed by atoms with Crippen LogP contribution in [-0.4, -0.2) is 24.6 Å². The second-order valence-electron chi connectivity index (χ2n) is 5.24. The normalized spacial score (nSPS) is 26.0. The quantitative estimate of drug-likeness (QED) is 0.722. The van der Waals surface area contributed by atoms with Gasteiger partial charge in [0.25, 0.3) is 0 Å². The van der Waals surface area contributed by atoms with Crippen molar-refractivity contribution < 1.29 is 9.63 Å². The molecule has 1 unspecified atom stereocenters. The molecular weight excluding hydrogens is 216 g/mol. The van der Waals surface area contributed by atoms with Gasteiger partial charge in [-0.25, -0.2) is 5.48 Å². The molecular formula is C13H24N2O2. The smallest absolute Gasteiger partial charge is 0.243 e. The predicted octanol–water partition coefficient (Wildman–Crippen LogP) is 1.90. The van der Waals surface area contributed by atoms with Gasteiger partial charge in [0.1, 0.15) is 0 Å². The third-order valence-electron chi connectivity index (χ3n) is 3.77. The van der Waals surface area contributed by atoms with Crippen LogP contribution in [0.2, 0.25) is 0 Å². The van der Waals surface area contributed by atoms with E-state index in [1.165, 1.54) is 32.1 Å². The van der Waals surface area contributed by atoms with E-state index in [9.17, 15) is 4.79 Å². The number of carbonyl (C=O) groups excluding carboxylic acids is 1. The average molecular weight is 240 g/mol. The molecule has 4 nitrogen and oxygen atoms in total. The zero-order valence-electron chi connectivity index (χ0n) is 10.5. The lowest BCUT2D eigenvalue weighted by atomic mass is 10.0. The zero-order valence-corrected chi connectivity index (χ0v) is 10.5. The number of hydroxylamine groups is 1. The molecule has 0 spiro atoms. The van der Waals surface area contributed by atoms with Gasteiger partial charge in [-0.1, -0.05) is 19.3 Å². The molecule has 0 radical (unpaired) electrons. The molecule has 2 fully saturated rings. The third kappa shape index (κ3) is 4.64. The fourth-order valence-corrected chi connectivity index (χ4v) is 2.68. The lowest BCUT2D eigenvalue weighted by molar-refractivity contribution is -0.138. The third-order valence-corrected chi connectivity index (χ3v) is 3.77. The van der Waals surface area contributed by atoms with Crippen molar-refractivity contribution in [1.82, 2.24) is 10.8 Å². The van der Waals surface area contributed by atoms with Gasteiger partial charge in [0, 0.05) is 12.5 Å². The van der Waals surface area contributed by atoms with Gasteiger partial charge in [0.2, 0.25) is 5.91 Å². The van der Waals surface area contributed by atoms with Crippen LogP contribution in [-0.2, 0) is 9.63 Å². The van der Waals surface area contributed by atoms with Gasteiger partial charge in [-0.2, -0.15) is 0 Å². The van der Waals surface area contributed by atoms with Gasteiger partial charge in [-0.15, -0.1) is 0 Å². The highest BCUT2D eigenvalue weighted by atomic mass is 16.7. The molecule has 1 amide bonds. The second kappa shape index (κ2) is 6.97. The molecule has 2 N–H and O–H groups in total. The Labute approximate surface area is 103 Å². The molecule has 1 aliphatic carbocycles. The molecule has 1 saturated heterocycles. The first-order valence-electron chi connectivity index (χ1n) is 7.02. The summed E-state index contributed by atoms with van der Waals surface area (Å²) >= 11 is 0. The number of carbonyl (C=O) groups is 1. The lowest BCUT2D eigenvalue weighted by Crippen LogP contribution is -2.35. The number of nitrogens with one attached hydrogen (secondary N) is 2. The van der Waals surface area contributed by atoms with Crippen LogP contribution in [0.1, 0.15) is 57.8 Å². The van der Waals surface area contributed by atoms with Crippen molar-refractivity contribution in [2.24, 2.45) is 0 Å². The van der Waals surface area contributed by atoms with Gasteiger partial charge >= 0.3 is 0 Å². The summed E-state index contributed by atoms with van der Waals surface area (Å²) in [4.78, 5) is 17.0. The van der Waals surface area contributed by atoms with E-state index in [-0.39, 0.29) is 12.0 Å². The average Bonchev–Trinajstić information content (AvgIpc) is 2.88. The minimum atomic E-state index is 0.0317. The van der Waals surface area contributed by atoms with E-state index in [0.29, 0.717) is 12.5 Å². The van der Waals surface area contributed by atoms with E-state index in [1.807, 2.05) is 0 Å². The molecule has 4 heteroatoms. The van der Waals surface area contributed by atoms with Crippen molar-refractivity contribution in [2.45, 2.75) is 69.9 Å². The van der Waals surface area contributed by atoms with Crippen molar-refractivity contribution in [3.63, 3.8) is 0 Å². The fourth-order valence-electron chi connectivity index (χ4n) is 2.68. The maximum Gasteiger partial charge on any atom is 0.243 e. The van der Waals surface area contributed by atoms with Gasteiger partial charge < -0.3 is 5.32 Å². The van der Waals surface area contributed by atoms with E-state index in [4.69, 9.17) is 4.84 Å². The molecule has 1 saturated carbocycles. The van der Waals surface area contributed by atoms with Crippen molar-refractivity contribution in [1.29, 1.82) is 0 Å². The molecule has 0 aromatic heterocycles. The highest BCUT2D eigenvalue weighted by molar-refractivity contribution is 5.74. The van der Waals surface area contributed by atoms with Crippen LogP contribution in [0.4, 0.5) is 0 Å². The highest BCUT2D eigenvalue weighted by Crippen LogP contribution is 2.20. The monoisotopic (exact) mass is 240 g/mol. The molecule has 2 rings (SSSR count). The summed E-state index contributed by atoms with van der Waals surface area (Å²) in [7, 11) is 0. The maximum absolute atomic E-state index is 11.6. The largest absolute Gasteiger partial charge is 0.314 e. The minimum absolute atomic E-state index is 0.0317. The Kier molecular flexibility index (Phi) is 5.26. The van der Waals surface area contributed by atoms with Gasteiger partial charge in [0.05, 0.1) is 6.10 Å². The van der Waals surface area contributed by atoms with Crippen LogP contribution in [0.3, 0.4) is 0 Å². The van der Waals surface area contributed by atoms with Gasteiger partial charge in [-0.3, -0.25) is 9.63 Å². The van der Waals surface area contributed by atoms with E-state index < -0.39 is 0 Å². The van der Waals surface area contributed by atoms with E-state index >= 15 is 0 Å². The first kappa shape index (κ1) is 12.8. The Morgan fingerprint density at radius 2 is 1.94 bits per heavy atom. The van der Waals surface area contributed by atoms with Crippen LogP contribution in [0.5, 0.6) is 0 Å². The predicted molar refractivity (Wildman–Crippen MR) is 66.4 cm³/mol. The number of hydrogen-bond donors (Lipinski definition) is 2. The lowest BCUT2D eigenvalue weighted by Gasteiger charge is -2.23. The highest BCUT2D eigenvalue weighted by Gasteiger charge is 2.18. The van der Waals surface area contributed by atoms with E-state index in [0.717, 1.165) is 25.8 Å². The molecule has 1 atom stereocenters.